The number of carbonyl (C=O) groups is 3. The molecule has 6 heteroatoms. The first-order valence-electron chi connectivity index (χ1n) is 34.2. The van der Waals surface area contributed by atoms with Gasteiger partial charge in [0.2, 0.25) is 0 Å². The Bertz CT molecular complexity index is 1560. The van der Waals surface area contributed by atoms with Crippen molar-refractivity contribution in [1.82, 2.24) is 0 Å². The van der Waals surface area contributed by atoms with Crippen LogP contribution >= 0.6 is 0 Å². The lowest BCUT2D eigenvalue weighted by Gasteiger charge is -2.18. The van der Waals surface area contributed by atoms with Gasteiger partial charge in [0.25, 0.3) is 0 Å². The first-order chi connectivity index (χ1) is 39.5. The predicted molar refractivity (Wildman–Crippen MR) is 348 cm³/mol. The van der Waals surface area contributed by atoms with Crippen LogP contribution in [0, 0.1) is 0 Å². The van der Waals surface area contributed by atoms with Crippen molar-refractivity contribution in [3.05, 3.63) is 97.2 Å². The van der Waals surface area contributed by atoms with Crippen LogP contribution in [-0.4, -0.2) is 37.2 Å². The number of esters is 3. The van der Waals surface area contributed by atoms with E-state index >= 15 is 0 Å². The topological polar surface area (TPSA) is 78.9 Å². The van der Waals surface area contributed by atoms with E-state index in [1.54, 1.807) is 0 Å². The molecule has 0 aliphatic carbocycles. The van der Waals surface area contributed by atoms with Crippen LogP contribution in [0.1, 0.15) is 335 Å². The number of rotatable bonds is 62. The summed E-state index contributed by atoms with van der Waals surface area (Å²) in [6, 6.07) is 0. The van der Waals surface area contributed by atoms with Crippen molar-refractivity contribution in [2.75, 3.05) is 13.2 Å². The Morgan fingerprint density at radius 2 is 0.487 bits per heavy atom. The summed E-state index contributed by atoms with van der Waals surface area (Å²) in [5.74, 6) is -0.878. The molecule has 1 atom stereocenters. The molecular formula is C74H128O6. The van der Waals surface area contributed by atoms with Crippen molar-refractivity contribution in [2.24, 2.45) is 0 Å². The Hall–Kier alpha value is -3.67. The second-order valence-electron chi connectivity index (χ2n) is 22.7. The maximum Gasteiger partial charge on any atom is 0.306 e. The molecule has 0 aliphatic rings. The zero-order valence-corrected chi connectivity index (χ0v) is 52.8. The predicted octanol–water partition coefficient (Wildman–Crippen LogP) is 23.6. The molecule has 0 N–H and O–H groups in total. The van der Waals surface area contributed by atoms with Crippen LogP contribution in [0.3, 0.4) is 0 Å². The van der Waals surface area contributed by atoms with E-state index in [1.165, 1.54) is 173 Å². The molecule has 0 saturated heterocycles. The quantitative estimate of drug-likeness (QED) is 0.0261. The summed E-state index contributed by atoms with van der Waals surface area (Å²) in [6.07, 6.45) is 91.4. The van der Waals surface area contributed by atoms with Gasteiger partial charge in [-0.05, 0) is 103 Å². The Labute approximate surface area is 496 Å². The molecule has 460 valence electrons. The normalized spacial score (nSPS) is 12.7. The Kier molecular flexibility index (Phi) is 64.7. The molecule has 0 amide bonds. The summed E-state index contributed by atoms with van der Waals surface area (Å²) >= 11 is 0. The fraction of sp³-hybridized carbons (Fsp3) is 0.743. The molecule has 0 spiro atoms. The average molecular weight is 1110 g/mol. The third kappa shape index (κ3) is 65.1. The third-order valence-electron chi connectivity index (χ3n) is 14.8. The van der Waals surface area contributed by atoms with E-state index in [0.29, 0.717) is 19.3 Å². The Balaban J connectivity index is 4.20. The first-order valence-corrected chi connectivity index (χ1v) is 34.2. The second-order valence-corrected chi connectivity index (χ2v) is 22.7. The fourth-order valence-corrected chi connectivity index (χ4v) is 9.71. The molecule has 0 heterocycles. The maximum absolute atomic E-state index is 12.9. The van der Waals surface area contributed by atoms with Crippen LogP contribution in [0.4, 0.5) is 0 Å². The van der Waals surface area contributed by atoms with Gasteiger partial charge in [0, 0.05) is 19.3 Å². The minimum atomic E-state index is -0.783. The van der Waals surface area contributed by atoms with E-state index < -0.39 is 6.10 Å². The van der Waals surface area contributed by atoms with Gasteiger partial charge in [-0.3, -0.25) is 14.4 Å². The molecule has 0 radical (unpaired) electrons. The molecule has 0 aromatic heterocycles. The van der Waals surface area contributed by atoms with Gasteiger partial charge in [0.1, 0.15) is 13.2 Å². The smallest absolute Gasteiger partial charge is 0.306 e. The summed E-state index contributed by atoms with van der Waals surface area (Å²) in [5, 5.41) is 0. The largest absolute Gasteiger partial charge is 0.462 e. The van der Waals surface area contributed by atoms with Crippen LogP contribution in [0.2, 0.25) is 0 Å². The maximum atomic E-state index is 12.9. The lowest BCUT2D eigenvalue weighted by atomic mass is 10.0. The number of hydrogen-bond acceptors (Lipinski definition) is 6. The van der Waals surface area contributed by atoms with Crippen LogP contribution < -0.4 is 0 Å². The number of hydrogen-bond donors (Lipinski definition) is 0. The number of unbranched alkanes of at least 4 members (excludes halogenated alkanes) is 35. The van der Waals surface area contributed by atoms with E-state index in [2.05, 4.69) is 118 Å². The van der Waals surface area contributed by atoms with E-state index in [1.807, 2.05) is 0 Å². The third-order valence-corrected chi connectivity index (χ3v) is 14.8. The van der Waals surface area contributed by atoms with Crippen LogP contribution in [0.5, 0.6) is 0 Å². The lowest BCUT2D eigenvalue weighted by molar-refractivity contribution is -0.167. The van der Waals surface area contributed by atoms with Gasteiger partial charge in [0.05, 0.1) is 0 Å². The summed E-state index contributed by atoms with van der Waals surface area (Å²) in [4.78, 5) is 38.3. The van der Waals surface area contributed by atoms with Crippen molar-refractivity contribution in [2.45, 2.75) is 341 Å². The molecule has 1 unspecified atom stereocenters. The minimum absolute atomic E-state index is 0.0785. The molecule has 0 bridgehead atoms. The number of carbonyl (C=O) groups excluding carboxylic acids is 3. The molecule has 0 fully saturated rings. The van der Waals surface area contributed by atoms with Gasteiger partial charge in [-0.1, -0.05) is 311 Å². The minimum Gasteiger partial charge on any atom is -0.462 e. The molecule has 0 rings (SSSR count). The summed E-state index contributed by atoms with van der Waals surface area (Å²) in [6.45, 7) is 6.53. The highest BCUT2D eigenvalue weighted by Crippen LogP contribution is 2.17. The van der Waals surface area contributed by atoms with Crippen LogP contribution in [0.15, 0.2) is 97.2 Å². The summed E-state index contributed by atoms with van der Waals surface area (Å²) in [5.41, 5.74) is 0. The van der Waals surface area contributed by atoms with E-state index in [0.717, 1.165) is 122 Å². The molecular weight excluding hydrogens is 985 g/mol. The second kappa shape index (κ2) is 67.8. The standard InChI is InChI=1S/C74H128O6/c1-4-7-10-13-16-19-22-25-27-29-30-31-32-33-34-35-36-37-38-39-40-41-42-43-44-45-47-49-52-55-58-61-64-67-73(76)79-70-71(69-78-72(75)66-63-60-57-54-51-48-24-21-18-15-12-9-6-3)80-74(77)68-65-62-59-56-53-50-46-28-26-23-20-17-14-11-8-5-2/h7,10,16,19-20,23,25,27-28,30-31,33-34,36-37,46,71H,4-6,8-9,11-15,17-18,21-22,24,26,29,32,35,38-45,47-70H2,1-3H3/b10-7-,19-16-,23-20-,27-25-,31-30-,34-33-,37-36-,46-28-. The zero-order valence-electron chi connectivity index (χ0n) is 52.8. The monoisotopic (exact) mass is 1110 g/mol. The van der Waals surface area contributed by atoms with Gasteiger partial charge in [-0.2, -0.15) is 0 Å². The molecule has 6 nitrogen and oxygen atoms in total. The van der Waals surface area contributed by atoms with Crippen LogP contribution in [-0.2, 0) is 28.6 Å². The lowest BCUT2D eigenvalue weighted by Crippen LogP contribution is -2.30. The molecule has 80 heavy (non-hydrogen) atoms. The van der Waals surface area contributed by atoms with Gasteiger partial charge < -0.3 is 14.2 Å². The first kappa shape index (κ1) is 76.3. The van der Waals surface area contributed by atoms with Crippen molar-refractivity contribution in [3.8, 4) is 0 Å². The molecule has 0 saturated carbocycles. The van der Waals surface area contributed by atoms with Crippen molar-refractivity contribution < 1.29 is 28.6 Å². The zero-order chi connectivity index (χ0) is 57.8. The summed E-state index contributed by atoms with van der Waals surface area (Å²) < 4.78 is 16.9. The van der Waals surface area contributed by atoms with Gasteiger partial charge in [0.15, 0.2) is 6.10 Å². The van der Waals surface area contributed by atoms with Gasteiger partial charge in [-0.25, -0.2) is 0 Å². The highest BCUT2D eigenvalue weighted by molar-refractivity contribution is 5.71. The molecule has 0 aromatic carbocycles. The number of ether oxygens (including phenoxy) is 3. The highest BCUT2D eigenvalue weighted by Gasteiger charge is 2.19. The number of allylic oxidation sites excluding steroid dienone is 16. The Morgan fingerprint density at radius 3 is 0.775 bits per heavy atom. The van der Waals surface area contributed by atoms with Gasteiger partial charge >= 0.3 is 17.9 Å². The van der Waals surface area contributed by atoms with Gasteiger partial charge in [-0.15, -0.1) is 0 Å². The van der Waals surface area contributed by atoms with E-state index in [4.69, 9.17) is 14.2 Å². The van der Waals surface area contributed by atoms with Crippen LogP contribution in [0.25, 0.3) is 0 Å². The van der Waals surface area contributed by atoms with Crippen molar-refractivity contribution in [3.63, 3.8) is 0 Å². The van der Waals surface area contributed by atoms with Crippen molar-refractivity contribution >= 4 is 17.9 Å². The van der Waals surface area contributed by atoms with E-state index in [9.17, 15) is 14.4 Å². The van der Waals surface area contributed by atoms with Crippen molar-refractivity contribution in [1.29, 1.82) is 0 Å². The highest BCUT2D eigenvalue weighted by atomic mass is 16.6. The fourth-order valence-electron chi connectivity index (χ4n) is 9.71. The average Bonchev–Trinajstić information content (AvgIpc) is 3.46. The Morgan fingerprint density at radius 1 is 0.263 bits per heavy atom. The SMILES string of the molecule is CC/C=C\C/C=C\C/C=C\C/C=C\C/C=C\C/C=C\CCCCCCCCCCCCCCCCC(=O)OCC(COC(=O)CCCCCCCCCCCCCCC)OC(=O)CCCCCCC/C=C\C/C=C\CCCCCC. The molecule has 0 aromatic rings. The molecule has 0 aliphatic heterocycles. The van der Waals surface area contributed by atoms with E-state index in [-0.39, 0.29) is 31.1 Å². The summed E-state index contributed by atoms with van der Waals surface area (Å²) in [7, 11) is 0.